The summed E-state index contributed by atoms with van der Waals surface area (Å²) in [5, 5.41) is 10.9. The van der Waals surface area contributed by atoms with E-state index in [0.29, 0.717) is 6.29 Å². The zero-order chi connectivity index (χ0) is 14.0. The lowest BCUT2D eigenvalue weighted by molar-refractivity contribution is -0.384. The van der Waals surface area contributed by atoms with E-state index < -0.39 is 22.2 Å². The SMILES string of the molecule is O=Cc1ccc(-c2cccc(F)c2F)c([N+](=O)[O-])c1. The summed E-state index contributed by atoms with van der Waals surface area (Å²) in [7, 11) is 0. The number of nitro groups is 1. The van der Waals surface area contributed by atoms with E-state index in [1.54, 1.807) is 0 Å². The quantitative estimate of drug-likeness (QED) is 0.484. The van der Waals surface area contributed by atoms with Crippen LogP contribution in [0, 0.1) is 21.7 Å². The Bertz CT molecular complexity index is 671. The molecular formula is C13H7F2NO3. The lowest BCUT2D eigenvalue weighted by Gasteiger charge is -2.05. The van der Waals surface area contributed by atoms with Gasteiger partial charge in [-0.15, -0.1) is 0 Å². The number of aldehydes is 1. The molecule has 0 aliphatic carbocycles. The molecule has 0 unspecified atom stereocenters. The van der Waals surface area contributed by atoms with Gasteiger partial charge in [-0.1, -0.05) is 18.2 Å². The van der Waals surface area contributed by atoms with Gasteiger partial charge in [0.15, 0.2) is 11.6 Å². The van der Waals surface area contributed by atoms with Gasteiger partial charge in [0, 0.05) is 17.2 Å². The van der Waals surface area contributed by atoms with E-state index in [1.165, 1.54) is 24.3 Å². The molecule has 2 aromatic rings. The van der Waals surface area contributed by atoms with E-state index in [0.717, 1.165) is 12.1 Å². The average molecular weight is 263 g/mol. The van der Waals surface area contributed by atoms with E-state index in [9.17, 15) is 23.7 Å². The van der Waals surface area contributed by atoms with Gasteiger partial charge in [-0.3, -0.25) is 14.9 Å². The summed E-state index contributed by atoms with van der Waals surface area (Å²) in [6, 6.07) is 6.96. The Kier molecular flexibility index (Phi) is 3.33. The van der Waals surface area contributed by atoms with Crippen molar-refractivity contribution in [3.63, 3.8) is 0 Å². The van der Waals surface area contributed by atoms with Gasteiger partial charge < -0.3 is 0 Å². The smallest absolute Gasteiger partial charge is 0.278 e. The van der Waals surface area contributed by atoms with Crippen molar-refractivity contribution in [2.75, 3.05) is 0 Å². The molecule has 0 N–H and O–H groups in total. The van der Waals surface area contributed by atoms with Crippen LogP contribution in [0.4, 0.5) is 14.5 Å². The highest BCUT2D eigenvalue weighted by atomic mass is 19.2. The number of carbonyl (C=O) groups excluding carboxylic acids is 1. The molecule has 0 bridgehead atoms. The number of hydrogen-bond donors (Lipinski definition) is 0. The first-order chi connectivity index (χ1) is 9.04. The van der Waals surface area contributed by atoms with Crippen LogP contribution in [-0.4, -0.2) is 11.2 Å². The first kappa shape index (κ1) is 12.8. The predicted octanol–water partition coefficient (Wildman–Crippen LogP) is 3.35. The van der Waals surface area contributed by atoms with Crippen LogP contribution in [0.1, 0.15) is 10.4 Å². The largest absolute Gasteiger partial charge is 0.298 e. The number of benzene rings is 2. The predicted molar refractivity (Wildman–Crippen MR) is 63.8 cm³/mol. The molecule has 2 aromatic carbocycles. The third kappa shape index (κ3) is 2.33. The van der Waals surface area contributed by atoms with Crippen molar-refractivity contribution in [1.82, 2.24) is 0 Å². The Morgan fingerprint density at radius 3 is 2.47 bits per heavy atom. The van der Waals surface area contributed by atoms with Gasteiger partial charge >= 0.3 is 0 Å². The van der Waals surface area contributed by atoms with E-state index in [1.807, 2.05) is 0 Å². The molecule has 96 valence electrons. The maximum absolute atomic E-state index is 13.6. The number of nitrogens with zero attached hydrogens (tertiary/aromatic N) is 1. The van der Waals surface area contributed by atoms with Gasteiger partial charge in [0.25, 0.3) is 5.69 Å². The van der Waals surface area contributed by atoms with Gasteiger partial charge in [-0.05, 0) is 12.1 Å². The van der Waals surface area contributed by atoms with Gasteiger partial charge in [-0.2, -0.15) is 0 Å². The van der Waals surface area contributed by atoms with Crippen LogP contribution in [0.5, 0.6) is 0 Å². The Morgan fingerprint density at radius 1 is 1.11 bits per heavy atom. The number of hydrogen-bond acceptors (Lipinski definition) is 3. The van der Waals surface area contributed by atoms with Crippen molar-refractivity contribution in [1.29, 1.82) is 0 Å². The summed E-state index contributed by atoms with van der Waals surface area (Å²) >= 11 is 0. The van der Waals surface area contributed by atoms with Crippen molar-refractivity contribution in [2.24, 2.45) is 0 Å². The van der Waals surface area contributed by atoms with Crippen molar-refractivity contribution in [3.8, 4) is 11.1 Å². The zero-order valence-corrected chi connectivity index (χ0v) is 9.47. The minimum Gasteiger partial charge on any atom is -0.298 e. The van der Waals surface area contributed by atoms with E-state index in [-0.39, 0.29) is 16.7 Å². The summed E-state index contributed by atoms with van der Waals surface area (Å²) in [6.07, 6.45) is 0.443. The zero-order valence-electron chi connectivity index (χ0n) is 9.47. The molecule has 0 atom stereocenters. The van der Waals surface area contributed by atoms with Crippen molar-refractivity contribution in [3.05, 3.63) is 63.7 Å². The van der Waals surface area contributed by atoms with Crippen molar-refractivity contribution >= 4 is 12.0 Å². The van der Waals surface area contributed by atoms with Crippen LogP contribution in [0.25, 0.3) is 11.1 Å². The topological polar surface area (TPSA) is 60.2 Å². The average Bonchev–Trinajstić information content (AvgIpc) is 2.41. The molecule has 0 fully saturated rings. The normalized spacial score (nSPS) is 10.2. The minimum atomic E-state index is -1.16. The number of halogens is 2. The van der Waals surface area contributed by atoms with Gasteiger partial charge in [0.1, 0.15) is 6.29 Å². The Hall–Kier alpha value is -2.63. The molecule has 19 heavy (non-hydrogen) atoms. The highest BCUT2D eigenvalue weighted by molar-refractivity contribution is 5.82. The maximum Gasteiger partial charge on any atom is 0.278 e. The molecule has 4 nitrogen and oxygen atoms in total. The van der Waals surface area contributed by atoms with Crippen LogP contribution < -0.4 is 0 Å². The monoisotopic (exact) mass is 263 g/mol. The third-order valence-corrected chi connectivity index (χ3v) is 2.60. The van der Waals surface area contributed by atoms with Gasteiger partial charge in [0.05, 0.1) is 10.5 Å². The molecule has 0 aliphatic rings. The molecule has 0 heterocycles. The maximum atomic E-state index is 13.6. The Morgan fingerprint density at radius 2 is 1.84 bits per heavy atom. The van der Waals surface area contributed by atoms with Crippen LogP contribution in [0.2, 0.25) is 0 Å². The fourth-order valence-corrected chi connectivity index (χ4v) is 1.71. The molecule has 0 aromatic heterocycles. The van der Waals surface area contributed by atoms with E-state index >= 15 is 0 Å². The lowest BCUT2D eigenvalue weighted by atomic mass is 10.0. The van der Waals surface area contributed by atoms with Crippen LogP contribution in [0.15, 0.2) is 36.4 Å². The van der Waals surface area contributed by atoms with E-state index in [4.69, 9.17) is 0 Å². The summed E-state index contributed by atoms with van der Waals surface area (Å²) in [5.74, 6) is -2.25. The number of nitro benzene ring substituents is 1. The molecule has 0 aliphatic heterocycles. The lowest BCUT2D eigenvalue weighted by Crippen LogP contribution is -1.96. The summed E-state index contributed by atoms with van der Waals surface area (Å²) in [5.41, 5.74) is -0.655. The number of carbonyl (C=O) groups is 1. The standard InChI is InChI=1S/C13H7F2NO3/c14-11-3-1-2-10(13(11)15)9-5-4-8(7-17)6-12(9)16(18)19/h1-7H. The molecule has 0 amide bonds. The molecule has 0 saturated heterocycles. The second-order valence-corrected chi connectivity index (χ2v) is 3.75. The van der Waals surface area contributed by atoms with Gasteiger partial charge in [0.2, 0.25) is 0 Å². The van der Waals surface area contributed by atoms with Crippen LogP contribution in [-0.2, 0) is 0 Å². The highest BCUT2D eigenvalue weighted by Crippen LogP contribution is 2.32. The number of rotatable bonds is 3. The van der Waals surface area contributed by atoms with Gasteiger partial charge in [-0.25, -0.2) is 8.78 Å². The third-order valence-electron chi connectivity index (χ3n) is 2.60. The van der Waals surface area contributed by atoms with Crippen molar-refractivity contribution < 1.29 is 18.5 Å². The molecule has 0 radical (unpaired) electrons. The molecule has 6 heteroatoms. The molecule has 0 saturated carbocycles. The van der Waals surface area contributed by atoms with Crippen LogP contribution >= 0.6 is 0 Å². The van der Waals surface area contributed by atoms with E-state index in [2.05, 4.69) is 0 Å². The molecular weight excluding hydrogens is 256 g/mol. The second-order valence-electron chi connectivity index (χ2n) is 3.75. The fraction of sp³-hybridized carbons (Fsp3) is 0. The second kappa shape index (κ2) is 4.93. The summed E-state index contributed by atoms with van der Waals surface area (Å²) in [6.45, 7) is 0. The Balaban J connectivity index is 2.71. The minimum absolute atomic E-state index is 0.0763. The fourth-order valence-electron chi connectivity index (χ4n) is 1.71. The van der Waals surface area contributed by atoms with Crippen molar-refractivity contribution in [2.45, 2.75) is 0 Å². The first-order valence-electron chi connectivity index (χ1n) is 5.22. The highest BCUT2D eigenvalue weighted by Gasteiger charge is 2.20. The van der Waals surface area contributed by atoms with Crippen LogP contribution in [0.3, 0.4) is 0 Å². The molecule has 2 rings (SSSR count). The Labute approximate surface area is 106 Å². The first-order valence-corrected chi connectivity index (χ1v) is 5.22. The summed E-state index contributed by atoms with van der Waals surface area (Å²) < 4.78 is 26.8. The summed E-state index contributed by atoms with van der Waals surface area (Å²) in [4.78, 5) is 20.8. The molecule has 0 spiro atoms.